The molecule has 42 heavy (non-hydrogen) atoms. The molecule has 0 N–H and O–H groups in total. The number of nitrogens with zero attached hydrogens (tertiary/aromatic N) is 3. The predicted molar refractivity (Wildman–Crippen MR) is 158 cm³/mol. The molecule has 222 valence electrons. The smallest absolute Gasteiger partial charge is 0.267 e. The molecule has 2 aliphatic heterocycles. The number of hydrogen-bond acceptors (Lipinski definition) is 7. The molecule has 3 aliphatic rings. The average molecular weight is 592 g/mol. The van der Waals surface area contributed by atoms with Crippen molar-refractivity contribution >= 4 is 27.5 Å². The number of carbonyl (C=O) groups is 2. The molecule has 1 saturated heterocycles. The first kappa shape index (κ1) is 28.5. The summed E-state index contributed by atoms with van der Waals surface area (Å²) in [6.07, 6.45) is 9.17. The standard InChI is InChI=1S/C32H37N3O6S/c1-33(42(38,39)26-10-6-3-7-11-26)32(37)24-12-13-27-28(20-24)35(21-29(36)34-15-18-40-19-16-34)31(25-14-17-41-22-25)30(27)23-8-4-2-5-9-23/h3,6-7,10-14,17,20,22-23,30-31H,2,4-5,8-9,15-16,18-19,21H2,1H3. The molecule has 1 aliphatic carbocycles. The normalized spacial score (nSPS) is 21.3. The van der Waals surface area contributed by atoms with Crippen LogP contribution in [0.5, 0.6) is 0 Å². The zero-order chi connectivity index (χ0) is 29.3. The van der Waals surface area contributed by atoms with Gasteiger partial charge >= 0.3 is 0 Å². The van der Waals surface area contributed by atoms with E-state index in [1.165, 1.54) is 38.4 Å². The van der Waals surface area contributed by atoms with E-state index >= 15 is 0 Å². The van der Waals surface area contributed by atoms with Crippen molar-refractivity contribution in [1.82, 2.24) is 9.21 Å². The van der Waals surface area contributed by atoms with Gasteiger partial charge in [0.05, 0.1) is 43.2 Å². The van der Waals surface area contributed by atoms with Crippen LogP contribution in [0.4, 0.5) is 5.69 Å². The number of amides is 2. The van der Waals surface area contributed by atoms with E-state index in [0.29, 0.717) is 32.2 Å². The maximum Gasteiger partial charge on any atom is 0.267 e. The van der Waals surface area contributed by atoms with Crippen molar-refractivity contribution in [2.45, 2.75) is 49.0 Å². The fourth-order valence-electron chi connectivity index (χ4n) is 6.84. The average Bonchev–Trinajstić information content (AvgIpc) is 3.68. The van der Waals surface area contributed by atoms with E-state index < -0.39 is 15.9 Å². The molecule has 2 aromatic carbocycles. The van der Waals surface area contributed by atoms with Gasteiger partial charge in [-0.3, -0.25) is 9.59 Å². The molecule has 9 nitrogen and oxygen atoms in total. The van der Waals surface area contributed by atoms with Crippen LogP contribution >= 0.6 is 0 Å². The molecule has 2 fully saturated rings. The van der Waals surface area contributed by atoms with Crippen molar-refractivity contribution in [3.8, 4) is 0 Å². The molecule has 3 aromatic rings. The summed E-state index contributed by atoms with van der Waals surface area (Å²) in [5.41, 5.74) is 3.14. The van der Waals surface area contributed by atoms with E-state index in [0.717, 1.165) is 34.0 Å². The number of sulfonamides is 1. The number of anilines is 1. The van der Waals surface area contributed by atoms with Gasteiger partial charge in [0, 0.05) is 42.9 Å². The Balaban J connectivity index is 1.40. The molecular weight excluding hydrogens is 554 g/mol. The van der Waals surface area contributed by atoms with Gasteiger partial charge in [-0.1, -0.05) is 43.5 Å². The second-order valence-corrected chi connectivity index (χ2v) is 13.4. The Morgan fingerprint density at radius 1 is 0.976 bits per heavy atom. The molecule has 2 atom stereocenters. The van der Waals surface area contributed by atoms with Crippen LogP contribution < -0.4 is 4.90 Å². The number of hydrogen-bond donors (Lipinski definition) is 0. The second-order valence-electron chi connectivity index (χ2n) is 11.4. The maximum absolute atomic E-state index is 13.7. The van der Waals surface area contributed by atoms with Crippen LogP contribution in [-0.2, 0) is 19.6 Å². The first-order valence-corrected chi connectivity index (χ1v) is 16.2. The summed E-state index contributed by atoms with van der Waals surface area (Å²) < 4.78 is 38.3. The Hall–Kier alpha value is -3.63. The molecule has 0 radical (unpaired) electrons. The topological polar surface area (TPSA) is 100 Å². The highest BCUT2D eigenvalue weighted by Gasteiger charge is 2.45. The van der Waals surface area contributed by atoms with Gasteiger partial charge < -0.3 is 19.0 Å². The monoisotopic (exact) mass is 591 g/mol. The Labute approximate surface area is 247 Å². The number of rotatable bonds is 7. The van der Waals surface area contributed by atoms with Crippen molar-refractivity contribution in [3.63, 3.8) is 0 Å². The number of carbonyl (C=O) groups excluding carboxylic acids is 2. The van der Waals surface area contributed by atoms with Crippen LogP contribution in [0.15, 0.2) is 76.4 Å². The fourth-order valence-corrected chi connectivity index (χ4v) is 7.98. The summed E-state index contributed by atoms with van der Waals surface area (Å²) in [5.74, 6) is -0.0847. The van der Waals surface area contributed by atoms with E-state index in [-0.39, 0.29) is 34.9 Å². The minimum atomic E-state index is -4.04. The van der Waals surface area contributed by atoms with Gasteiger partial charge in [0.1, 0.15) is 0 Å². The zero-order valence-corrected chi connectivity index (χ0v) is 24.7. The number of morpholine rings is 1. The molecule has 1 saturated carbocycles. The summed E-state index contributed by atoms with van der Waals surface area (Å²) in [6.45, 7) is 2.26. The molecule has 2 amide bonds. The summed E-state index contributed by atoms with van der Waals surface area (Å²) in [6, 6.07) is 15.2. The third-order valence-electron chi connectivity index (χ3n) is 9.02. The Morgan fingerprint density at radius 3 is 2.40 bits per heavy atom. The fraction of sp³-hybridized carbons (Fsp3) is 0.438. The van der Waals surface area contributed by atoms with Crippen LogP contribution in [0.2, 0.25) is 0 Å². The van der Waals surface area contributed by atoms with E-state index in [1.807, 2.05) is 17.0 Å². The lowest BCUT2D eigenvalue weighted by atomic mass is 9.73. The van der Waals surface area contributed by atoms with E-state index in [1.54, 1.807) is 42.9 Å². The quantitative estimate of drug-likeness (QED) is 0.388. The zero-order valence-electron chi connectivity index (χ0n) is 23.9. The third kappa shape index (κ3) is 5.33. The van der Waals surface area contributed by atoms with Gasteiger partial charge in [-0.25, -0.2) is 12.7 Å². The Bertz CT molecular complexity index is 1510. The number of benzene rings is 2. The lowest BCUT2D eigenvalue weighted by molar-refractivity contribution is -0.133. The molecule has 0 bridgehead atoms. The van der Waals surface area contributed by atoms with Crippen LogP contribution in [0.3, 0.4) is 0 Å². The minimum absolute atomic E-state index is 0.00235. The van der Waals surface area contributed by atoms with Crippen LogP contribution in [0, 0.1) is 5.92 Å². The van der Waals surface area contributed by atoms with Crippen molar-refractivity contribution in [3.05, 3.63) is 83.8 Å². The van der Waals surface area contributed by atoms with Crippen LogP contribution in [0.1, 0.15) is 65.5 Å². The number of fused-ring (bicyclic) bond motifs is 1. The lowest BCUT2D eigenvalue weighted by Crippen LogP contribution is -2.46. The van der Waals surface area contributed by atoms with Crippen molar-refractivity contribution in [2.24, 2.45) is 5.92 Å². The van der Waals surface area contributed by atoms with Gasteiger partial charge in [0.15, 0.2) is 0 Å². The van der Waals surface area contributed by atoms with E-state index in [2.05, 4.69) is 4.90 Å². The molecule has 2 unspecified atom stereocenters. The highest BCUT2D eigenvalue weighted by Crippen LogP contribution is 2.55. The molecule has 3 heterocycles. The SMILES string of the molecule is CN(C(=O)c1ccc2c(c1)N(CC(=O)N1CCOCC1)C(c1ccoc1)C2C1CCCCC1)S(=O)(=O)c1ccccc1. The number of furan rings is 1. The first-order valence-electron chi connectivity index (χ1n) is 14.7. The molecule has 6 rings (SSSR count). The van der Waals surface area contributed by atoms with Gasteiger partial charge in [0.25, 0.3) is 15.9 Å². The van der Waals surface area contributed by atoms with E-state index in [9.17, 15) is 18.0 Å². The molecule has 1 aromatic heterocycles. The highest BCUT2D eigenvalue weighted by molar-refractivity contribution is 7.89. The lowest BCUT2D eigenvalue weighted by Gasteiger charge is -2.36. The largest absolute Gasteiger partial charge is 0.472 e. The van der Waals surface area contributed by atoms with E-state index in [4.69, 9.17) is 9.15 Å². The van der Waals surface area contributed by atoms with Gasteiger partial charge in [-0.05, 0) is 54.7 Å². The third-order valence-corrected chi connectivity index (χ3v) is 10.8. The summed E-state index contributed by atoms with van der Waals surface area (Å²) in [4.78, 5) is 31.3. The second kappa shape index (κ2) is 11.9. The van der Waals surface area contributed by atoms with Crippen LogP contribution in [-0.4, -0.2) is 69.3 Å². The number of ether oxygens (including phenoxy) is 1. The van der Waals surface area contributed by atoms with Gasteiger partial charge in [-0.2, -0.15) is 0 Å². The van der Waals surface area contributed by atoms with Gasteiger partial charge in [-0.15, -0.1) is 0 Å². The van der Waals surface area contributed by atoms with Crippen molar-refractivity contribution in [1.29, 1.82) is 0 Å². The minimum Gasteiger partial charge on any atom is -0.472 e. The first-order chi connectivity index (χ1) is 20.4. The maximum atomic E-state index is 13.7. The van der Waals surface area contributed by atoms with Crippen molar-refractivity contribution in [2.75, 3.05) is 44.8 Å². The Morgan fingerprint density at radius 2 is 1.71 bits per heavy atom. The molecule has 0 spiro atoms. The summed E-state index contributed by atoms with van der Waals surface area (Å²) in [5, 5.41) is 0. The van der Waals surface area contributed by atoms with Gasteiger partial charge in [0.2, 0.25) is 5.91 Å². The Kier molecular flexibility index (Phi) is 8.09. The molecular formula is C32H37N3O6S. The summed E-state index contributed by atoms with van der Waals surface area (Å²) >= 11 is 0. The van der Waals surface area contributed by atoms with Crippen molar-refractivity contribution < 1.29 is 27.2 Å². The highest BCUT2D eigenvalue weighted by atomic mass is 32.2. The molecule has 10 heteroatoms. The predicted octanol–water partition coefficient (Wildman–Crippen LogP) is 4.82. The van der Waals surface area contributed by atoms with Crippen LogP contribution in [0.25, 0.3) is 0 Å². The summed E-state index contributed by atoms with van der Waals surface area (Å²) in [7, 11) is -2.75.